The number of Topliss-reactive ketones (excluding diaryl/α,β-unsaturated/α-hetero) is 1. The zero-order chi connectivity index (χ0) is 18.3. The van der Waals surface area contributed by atoms with E-state index in [9.17, 15) is 13.2 Å². The zero-order valence-corrected chi connectivity index (χ0v) is 14.9. The fourth-order valence-electron chi connectivity index (χ4n) is 2.42. The lowest BCUT2D eigenvalue weighted by Crippen LogP contribution is -2.32. The summed E-state index contributed by atoms with van der Waals surface area (Å²) in [5.74, 6) is -0.389. The molecule has 0 aliphatic heterocycles. The Hall–Kier alpha value is -2.65. The minimum Gasteiger partial charge on any atom is -0.293 e. The van der Waals surface area contributed by atoms with Gasteiger partial charge in [-0.15, -0.1) is 0 Å². The Bertz CT molecular complexity index is 871. The summed E-state index contributed by atoms with van der Waals surface area (Å²) >= 11 is 0. The number of anilines is 1. The smallest absolute Gasteiger partial charge is 0.264 e. The molecule has 0 heterocycles. The van der Waals surface area contributed by atoms with Gasteiger partial charge in [-0.2, -0.15) is 5.26 Å². The minimum absolute atomic E-state index is 0.0521. The van der Waals surface area contributed by atoms with Crippen LogP contribution in [0.5, 0.6) is 0 Å². The molecule has 0 fully saturated rings. The molecule has 2 aromatic carbocycles. The quantitative estimate of drug-likeness (QED) is 0.674. The molecular formula is C19H20N2O3S. The first-order valence-corrected chi connectivity index (χ1v) is 9.52. The summed E-state index contributed by atoms with van der Waals surface area (Å²) in [6, 6.07) is 16.6. The molecule has 130 valence electrons. The largest absolute Gasteiger partial charge is 0.293 e. The SMILES string of the molecule is CCCCN(c1ccccc1)S(=O)(=O)c1cccc(C(=O)CC#N)c1. The topological polar surface area (TPSA) is 78.2 Å². The maximum absolute atomic E-state index is 13.1. The molecule has 0 amide bonds. The van der Waals surface area contributed by atoms with Crippen LogP contribution in [0.15, 0.2) is 59.5 Å². The van der Waals surface area contributed by atoms with Crippen LogP contribution in [-0.4, -0.2) is 20.7 Å². The standard InChI is InChI=1S/C19H20N2O3S/c1-2-3-14-21(17-9-5-4-6-10-17)25(23,24)18-11-7-8-16(15-18)19(22)12-13-20/h4-11,15H,2-3,12,14H2,1H3. The molecule has 0 aliphatic rings. The van der Waals surface area contributed by atoms with Crippen LogP contribution in [0.2, 0.25) is 0 Å². The highest BCUT2D eigenvalue weighted by molar-refractivity contribution is 7.92. The molecule has 0 atom stereocenters. The molecule has 0 radical (unpaired) electrons. The van der Waals surface area contributed by atoms with E-state index >= 15 is 0 Å². The van der Waals surface area contributed by atoms with E-state index < -0.39 is 10.0 Å². The van der Waals surface area contributed by atoms with Gasteiger partial charge in [0.05, 0.1) is 23.1 Å². The van der Waals surface area contributed by atoms with Gasteiger partial charge in [0, 0.05) is 12.1 Å². The molecule has 0 aliphatic carbocycles. The van der Waals surface area contributed by atoms with Crippen LogP contribution in [0.1, 0.15) is 36.5 Å². The third-order valence-corrected chi connectivity index (χ3v) is 5.57. The highest BCUT2D eigenvalue weighted by Crippen LogP contribution is 2.25. The number of carbonyl (C=O) groups excluding carboxylic acids is 1. The normalized spacial score (nSPS) is 10.9. The van der Waals surface area contributed by atoms with Crippen LogP contribution in [-0.2, 0) is 10.0 Å². The van der Waals surface area contributed by atoms with E-state index in [1.54, 1.807) is 30.3 Å². The Morgan fingerprint density at radius 1 is 1.12 bits per heavy atom. The Morgan fingerprint density at radius 3 is 2.48 bits per heavy atom. The molecule has 0 bridgehead atoms. The molecule has 0 saturated carbocycles. The van der Waals surface area contributed by atoms with Gasteiger partial charge in [0.25, 0.3) is 10.0 Å². The number of carbonyl (C=O) groups is 1. The van der Waals surface area contributed by atoms with Gasteiger partial charge in [-0.1, -0.05) is 43.7 Å². The molecule has 2 aromatic rings. The predicted octanol–water partition coefficient (Wildman–Crippen LogP) is 3.78. The minimum atomic E-state index is -3.80. The molecule has 0 saturated heterocycles. The highest BCUT2D eigenvalue weighted by Gasteiger charge is 2.25. The first-order chi connectivity index (χ1) is 12.0. The molecule has 0 N–H and O–H groups in total. The van der Waals surface area contributed by atoms with Gasteiger partial charge in [0.1, 0.15) is 0 Å². The first-order valence-electron chi connectivity index (χ1n) is 8.08. The van der Waals surface area contributed by atoms with E-state index in [-0.39, 0.29) is 22.7 Å². The molecule has 6 heteroatoms. The van der Waals surface area contributed by atoms with Crippen LogP contribution < -0.4 is 4.31 Å². The van der Waals surface area contributed by atoms with Crippen molar-refractivity contribution in [3.63, 3.8) is 0 Å². The average Bonchev–Trinajstić information content (AvgIpc) is 2.63. The summed E-state index contributed by atoms with van der Waals surface area (Å²) in [5.41, 5.74) is 0.816. The fourth-order valence-corrected chi connectivity index (χ4v) is 3.96. The molecule has 0 spiro atoms. The van der Waals surface area contributed by atoms with E-state index in [1.807, 2.05) is 13.0 Å². The Balaban J connectivity index is 2.45. The van der Waals surface area contributed by atoms with Gasteiger partial charge >= 0.3 is 0 Å². The molecule has 5 nitrogen and oxygen atoms in total. The molecule has 25 heavy (non-hydrogen) atoms. The van der Waals surface area contributed by atoms with Gasteiger partial charge < -0.3 is 0 Å². The van der Waals surface area contributed by atoms with E-state index in [4.69, 9.17) is 5.26 Å². The van der Waals surface area contributed by atoms with Gasteiger partial charge in [-0.3, -0.25) is 9.10 Å². The summed E-state index contributed by atoms with van der Waals surface area (Å²) in [6.45, 7) is 2.36. The summed E-state index contributed by atoms with van der Waals surface area (Å²) < 4.78 is 27.6. The average molecular weight is 356 g/mol. The number of hydrogen-bond donors (Lipinski definition) is 0. The van der Waals surface area contributed by atoms with Crippen molar-refractivity contribution in [1.29, 1.82) is 5.26 Å². The lowest BCUT2D eigenvalue weighted by Gasteiger charge is -2.24. The van der Waals surface area contributed by atoms with Crippen molar-refractivity contribution in [2.75, 3.05) is 10.8 Å². The number of ketones is 1. The van der Waals surface area contributed by atoms with Crippen molar-refractivity contribution in [2.24, 2.45) is 0 Å². The second-order valence-electron chi connectivity index (χ2n) is 5.55. The van der Waals surface area contributed by atoms with Gasteiger partial charge in [-0.25, -0.2) is 8.42 Å². The second kappa shape index (κ2) is 8.45. The van der Waals surface area contributed by atoms with Crippen molar-refractivity contribution in [3.8, 4) is 6.07 Å². The van der Waals surface area contributed by atoms with Crippen molar-refractivity contribution in [3.05, 3.63) is 60.2 Å². The molecule has 0 aromatic heterocycles. The lowest BCUT2D eigenvalue weighted by molar-refractivity contribution is 0.0997. The summed E-state index contributed by atoms with van der Waals surface area (Å²) in [6.07, 6.45) is 1.31. The predicted molar refractivity (Wildman–Crippen MR) is 96.9 cm³/mol. The van der Waals surface area contributed by atoms with Crippen LogP contribution in [0, 0.1) is 11.3 Å². The number of rotatable bonds is 8. The maximum atomic E-state index is 13.1. The van der Waals surface area contributed by atoms with Gasteiger partial charge in [0.15, 0.2) is 5.78 Å². The first kappa shape index (κ1) is 18.7. The molecular weight excluding hydrogens is 336 g/mol. The monoisotopic (exact) mass is 356 g/mol. The van der Waals surface area contributed by atoms with Gasteiger partial charge in [-0.05, 0) is 30.7 Å². The van der Waals surface area contributed by atoms with E-state index in [0.717, 1.165) is 12.8 Å². The summed E-state index contributed by atoms with van der Waals surface area (Å²) in [5, 5.41) is 8.66. The van der Waals surface area contributed by atoms with E-state index in [1.165, 1.54) is 28.6 Å². The van der Waals surface area contributed by atoms with Crippen LogP contribution in [0.3, 0.4) is 0 Å². The molecule has 0 unspecified atom stereocenters. The number of benzene rings is 2. The van der Waals surface area contributed by atoms with Crippen LogP contribution in [0.4, 0.5) is 5.69 Å². The molecule has 2 rings (SSSR count). The maximum Gasteiger partial charge on any atom is 0.264 e. The summed E-state index contributed by atoms with van der Waals surface area (Å²) in [4.78, 5) is 12.0. The number of nitrogens with zero attached hydrogens (tertiary/aromatic N) is 2. The number of unbranched alkanes of at least 4 members (excludes halogenated alkanes) is 1. The summed E-state index contributed by atoms with van der Waals surface area (Å²) in [7, 11) is -3.80. The third kappa shape index (κ3) is 4.46. The number of nitriles is 1. The van der Waals surface area contributed by atoms with Gasteiger partial charge in [0.2, 0.25) is 0 Å². The van der Waals surface area contributed by atoms with E-state index in [2.05, 4.69) is 0 Å². The Labute approximate surface area is 148 Å². The fraction of sp³-hybridized carbons (Fsp3) is 0.263. The van der Waals surface area contributed by atoms with Crippen molar-refractivity contribution < 1.29 is 13.2 Å². The van der Waals surface area contributed by atoms with E-state index in [0.29, 0.717) is 12.2 Å². The number of para-hydroxylation sites is 1. The van der Waals surface area contributed by atoms with Crippen LogP contribution >= 0.6 is 0 Å². The Morgan fingerprint density at radius 2 is 1.84 bits per heavy atom. The highest BCUT2D eigenvalue weighted by atomic mass is 32.2. The number of sulfonamides is 1. The third-order valence-electron chi connectivity index (χ3n) is 3.74. The lowest BCUT2D eigenvalue weighted by atomic mass is 10.1. The van der Waals surface area contributed by atoms with Crippen molar-refractivity contribution in [2.45, 2.75) is 31.1 Å². The second-order valence-corrected chi connectivity index (χ2v) is 7.41. The van der Waals surface area contributed by atoms with Crippen molar-refractivity contribution >= 4 is 21.5 Å². The van der Waals surface area contributed by atoms with Crippen molar-refractivity contribution in [1.82, 2.24) is 0 Å². The Kier molecular flexibility index (Phi) is 6.31. The van der Waals surface area contributed by atoms with Crippen LogP contribution in [0.25, 0.3) is 0 Å². The number of hydrogen-bond acceptors (Lipinski definition) is 4. The zero-order valence-electron chi connectivity index (χ0n) is 14.1.